The van der Waals surface area contributed by atoms with Gasteiger partial charge in [0.15, 0.2) is 0 Å². The fourth-order valence-corrected chi connectivity index (χ4v) is 2.51. The van der Waals surface area contributed by atoms with Gasteiger partial charge in [-0.1, -0.05) is 6.07 Å². The molecule has 2 heteroatoms. The van der Waals surface area contributed by atoms with E-state index in [0.717, 1.165) is 6.54 Å². The Morgan fingerprint density at radius 3 is 3.33 bits per heavy atom. The Morgan fingerprint density at radius 1 is 1.53 bits per heavy atom. The number of rotatable bonds is 4. The van der Waals surface area contributed by atoms with E-state index in [0.29, 0.717) is 5.92 Å². The topological polar surface area (TPSA) is 24.9 Å². The second-order valence-electron chi connectivity index (χ2n) is 4.38. The van der Waals surface area contributed by atoms with Gasteiger partial charge in [0.1, 0.15) is 0 Å². The lowest BCUT2D eigenvalue weighted by molar-refractivity contribution is 0.487. The monoisotopic (exact) mass is 204 g/mol. The Labute approximate surface area is 92.1 Å². The van der Waals surface area contributed by atoms with Crippen LogP contribution in [0.2, 0.25) is 0 Å². The van der Waals surface area contributed by atoms with Crippen LogP contribution in [0.15, 0.2) is 18.3 Å². The van der Waals surface area contributed by atoms with E-state index in [-0.39, 0.29) is 0 Å². The largest absolute Gasteiger partial charge is 0.320 e. The van der Waals surface area contributed by atoms with Crippen LogP contribution in [0.4, 0.5) is 0 Å². The van der Waals surface area contributed by atoms with Crippen molar-refractivity contribution >= 4 is 0 Å². The van der Waals surface area contributed by atoms with E-state index in [9.17, 15) is 0 Å². The summed E-state index contributed by atoms with van der Waals surface area (Å²) in [6, 6.07) is 4.31. The predicted octanol–water partition coefficient (Wildman–Crippen LogP) is 2.50. The van der Waals surface area contributed by atoms with E-state index in [4.69, 9.17) is 0 Å². The van der Waals surface area contributed by atoms with Crippen LogP contribution in [0.1, 0.15) is 42.9 Å². The van der Waals surface area contributed by atoms with E-state index in [1.54, 1.807) is 0 Å². The van der Waals surface area contributed by atoms with Crippen LogP contribution >= 0.6 is 0 Å². The lowest BCUT2D eigenvalue weighted by atomic mass is 9.84. The lowest BCUT2D eigenvalue weighted by Crippen LogP contribution is -2.14. The molecule has 0 amide bonds. The minimum Gasteiger partial charge on any atom is -0.320 e. The molecule has 1 heterocycles. The fraction of sp³-hybridized carbons (Fsp3) is 0.615. The first-order valence-corrected chi connectivity index (χ1v) is 6.00. The average Bonchev–Trinajstić information content (AvgIpc) is 2.30. The molecular weight excluding hydrogens is 184 g/mol. The van der Waals surface area contributed by atoms with Gasteiger partial charge in [-0.3, -0.25) is 4.98 Å². The van der Waals surface area contributed by atoms with Crippen LogP contribution < -0.4 is 5.32 Å². The van der Waals surface area contributed by atoms with Crippen LogP contribution in [0, 0.1) is 0 Å². The standard InChI is InChI=1S/C13H20N2/c1-14-9-3-7-11-5-2-6-12-8-4-10-15-13(11)12/h4,8,10-11,14H,2-3,5-7,9H2,1H3. The number of aryl methyl sites for hydroxylation is 1. The Hall–Kier alpha value is -0.890. The third kappa shape index (κ3) is 2.57. The smallest absolute Gasteiger partial charge is 0.0466 e. The van der Waals surface area contributed by atoms with Crippen molar-refractivity contribution in [3.63, 3.8) is 0 Å². The maximum absolute atomic E-state index is 4.56. The van der Waals surface area contributed by atoms with Crippen LogP contribution in [0.5, 0.6) is 0 Å². The van der Waals surface area contributed by atoms with Crippen LogP contribution in [0.25, 0.3) is 0 Å². The van der Waals surface area contributed by atoms with Gasteiger partial charge >= 0.3 is 0 Å². The molecule has 1 aliphatic rings. The minimum absolute atomic E-state index is 0.711. The second kappa shape index (κ2) is 5.26. The molecular formula is C13H20N2. The Bertz CT molecular complexity index is 309. The van der Waals surface area contributed by atoms with Gasteiger partial charge in [0.25, 0.3) is 0 Å². The summed E-state index contributed by atoms with van der Waals surface area (Å²) in [5.74, 6) is 0.711. The second-order valence-corrected chi connectivity index (χ2v) is 4.38. The predicted molar refractivity (Wildman–Crippen MR) is 63.1 cm³/mol. The molecule has 2 nitrogen and oxygen atoms in total. The van der Waals surface area contributed by atoms with E-state index in [1.165, 1.54) is 43.4 Å². The van der Waals surface area contributed by atoms with Gasteiger partial charge in [0, 0.05) is 17.8 Å². The molecule has 0 bridgehead atoms. The van der Waals surface area contributed by atoms with E-state index in [1.807, 2.05) is 13.2 Å². The molecule has 0 saturated heterocycles. The van der Waals surface area contributed by atoms with Crippen LogP contribution in [-0.2, 0) is 6.42 Å². The zero-order valence-corrected chi connectivity index (χ0v) is 9.50. The summed E-state index contributed by atoms with van der Waals surface area (Å²) in [7, 11) is 2.02. The van der Waals surface area contributed by atoms with Crippen molar-refractivity contribution in [2.45, 2.75) is 38.0 Å². The zero-order chi connectivity index (χ0) is 10.5. The van der Waals surface area contributed by atoms with Gasteiger partial charge in [-0.2, -0.15) is 0 Å². The highest BCUT2D eigenvalue weighted by Gasteiger charge is 2.20. The average molecular weight is 204 g/mol. The van der Waals surface area contributed by atoms with Crippen molar-refractivity contribution in [3.05, 3.63) is 29.6 Å². The Kier molecular flexibility index (Phi) is 3.73. The molecule has 0 aliphatic heterocycles. The molecule has 15 heavy (non-hydrogen) atoms. The first kappa shape index (κ1) is 10.6. The molecule has 0 saturated carbocycles. The third-order valence-electron chi connectivity index (χ3n) is 3.29. The summed E-state index contributed by atoms with van der Waals surface area (Å²) in [6.45, 7) is 1.12. The first-order chi connectivity index (χ1) is 7.42. The van der Waals surface area contributed by atoms with Crippen LogP contribution in [0.3, 0.4) is 0 Å². The molecule has 1 aliphatic carbocycles. The molecule has 1 aromatic rings. The van der Waals surface area contributed by atoms with E-state index < -0.39 is 0 Å². The van der Waals surface area contributed by atoms with Crippen molar-refractivity contribution in [3.8, 4) is 0 Å². The summed E-state index contributed by atoms with van der Waals surface area (Å²) in [6.07, 6.45) is 8.37. The molecule has 1 unspecified atom stereocenters. The first-order valence-electron chi connectivity index (χ1n) is 6.00. The van der Waals surface area contributed by atoms with Gasteiger partial charge in [-0.05, 0) is 57.3 Å². The minimum atomic E-state index is 0.711. The van der Waals surface area contributed by atoms with Crippen molar-refractivity contribution in [2.24, 2.45) is 0 Å². The number of aromatic nitrogens is 1. The normalized spacial score (nSPS) is 19.9. The molecule has 0 fully saturated rings. The highest BCUT2D eigenvalue weighted by atomic mass is 14.8. The molecule has 0 aromatic carbocycles. The highest BCUT2D eigenvalue weighted by Crippen LogP contribution is 2.32. The summed E-state index contributed by atoms with van der Waals surface area (Å²) >= 11 is 0. The van der Waals surface area contributed by atoms with Crippen molar-refractivity contribution < 1.29 is 0 Å². The van der Waals surface area contributed by atoms with Gasteiger partial charge in [-0.25, -0.2) is 0 Å². The molecule has 2 rings (SSSR count). The van der Waals surface area contributed by atoms with Crippen molar-refractivity contribution in [2.75, 3.05) is 13.6 Å². The fourth-order valence-electron chi connectivity index (χ4n) is 2.51. The van der Waals surface area contributed by atoms with Gasteiger partial charge in [0.05, 0.1) is 0 Å². The Morgan fingerprint density at radius 2 is 2.47 bits per heavy atom. The zero-order valence-electron chi connectivity index (χ0n) is 9.50. The summed E-state index contributed by atoms with van der Waals surface area (Å²) in [5.41, 5.74) is 2.86. The maximum Gasteiger partial charge on any atom is 0.0466 e. The SMILES string of the molecule is CNCCCC1CCCc2cccnc21. The molecule has 0 radical (unpaired) electrons. The molecule has 82 valence electrons. The number of pyridine rings is 1. The molecule has 1 atom stereocenters. The summed E-state index contributed by atoms with van der Waals surface area (Å²) < 4.78 is 0. The quantitative estimate of drug-likeness (QED) is 0.762. The highest BCUT2D eigenvalue weighted by molar-refractivity contribution is 5.25. The number of nitrogens with one attached hydrogen (secondary N) is 1. The molecule has 1 N–H and O–H groups in total. The molecule has 1 aromatic heterocycles. The van der Waals surface area contributed by atoms with E-state index >= 15 is 0 Å². The Balaban J connectivity index is 2.02. The molecule has 0 spiro atoms. The van der Waals surface area contributed by atoms with Crippen LogP contribution in [-0.4, -0.2) is 18.6 Å². The number of hydrogen-bond donors (Lipinski definition) is 1. The summed E-state index contributed by atoms with van der Waals surface area (Å²) in [5, 5.41) is 3.21. The van der Waals surface area contributed by atoms with Gasteiger partial charge < -0.3 is 5.32 Å². The lowest BCUT2D eigenvalue weighted by Gasteiger charge is -2.24. The number of nitrogens with zero attached hydrogens (tertiary/aromatic N) is 1. The maximum atomic E-state index is 4.56. The number of fused-ring (bicyclic) bond motifs is 1. The van der Waals surface area contributed by atoms with E-state index in [2.05, 4.69) is 22.4 Å². The van der Waals surface area contributed by atoms with Crippen molar-refractivity contribution in [1.29, 1.82) is 0 Å². The third-order valence-corrected chi connectivity index (χ3v) is 3.29. The van der Waals surface area contributed by atoms with Crippen molar-refractivity contribution in [1.82, 2.24) is 10.3 Å². The summed E-state index contributed by atoms with van der Waals surface area (Å²) in [4.78, 5) is 4.56. The van der Waals surface area contributed by atoms with Gasteiger partial charge in [-0.15, -0.1) is 0 Å². The van der Waals surface area contributed by atoms with Gasteiger partial charge in [0.2, 0.25) is 0 Å². The number of hydrogen-bond acceptors (Lipinski definition) is 2.